The summed E-state index contributed by atoms with van der Waals surface area (Å²) in [5, 5.41) is 0. The van der Waals surface area contributed by atoms with Crippen LogP contribution in [0.25, 0.3) is 0 Å². The van der Waals surface area contributed by atoms with Gasteiger partial charge >= 0.3 is 0 Å². The first-order valence-electron chi connectivity index (χ1n) is 4.86. The summed E-state index contributed by atoms with van der Waals surface area (Å²) in [6, 6.07) is 6.42. The van der Waals surface area contributed by atoms with Crippen LogP contribution in [0.15, 0.2) is 24.3 Å². The van der Waals surface area contributed by atoms with Crippen LogP contribution in [-0.2, 0) is 9.47 Å². The number of hydrogen-bond acceptors (Lipinski definition) is 2. The lowest BCUT2D eigenvalue weighted by atomic mass is 10.1. The Morgan fingerprint density at radius 2 is 2.00 bits per heavy atom. The van der Waals surface area contributed by atoms with Gasteiger partial charge in [-0.15, -0.1) is 0 Å². The van der Waals surface area contributed by atoms with Gasteiger partial charge in [-0.25, -0.2) is 4.39 Å². The highest BCUT2D eigenvalue weighted by Crippen LogP contribution is 2.29. The maximum atomic E-state index is 12.7. The van der Waals surface area contributed by atoms with E-state index in [4.69, 9.17) is 9.47 Å². The van der Waals surface area contributed by atoms with Crippen molar-refractivity contribution in [1.29, 1.82) is 0 Å². The lowest BCUT2D eigenvalue weighted by Crippen LogP contribution is -2.31. The first-order chi connectivity index (χ1) is 7.27. The summed E-state index contributed by atoms with van der Waals surface area (Å²) in [5.74, 6) is -0.223. The molecule has 1 aliphatic heterocycles. The Kier molecular flexibility index (Phi) is 3.72. The van der Waals surface area contributed by atoms with Crippen molar-refractivity contribution in [3.05, 3.63) is 35.6 Å². The molecule has 4 heteroatoms. The lowest BCUT2D eigenvalue weighted by Gasteiger charge is -2.27. The fraction of sp³-hybridized carbons (Fsp3) is 0.455. The third kappa shape index (κ3) is 2.77. The first-order valence-corrected chi connectivity index (χ1v) is 5.78. The SMILES string of the molecule is Fc1ccc(C(Br)C2COCCO2)cc1. The third-order valence-electron chi connectivity index (χ3n) is 2.36. The highest BCUT2D eigenvalue weighted by Gasteiger charge is 2.24. The van der Waals surface area contributed by atoms with Crippen molar-refractivity contribution in [1.82, 2.24) is 0 Å². The van der Waals surface area contributed by atoms with E-state index in [1.54, 1.807) is 12.1 Å². The molecule has 1 aromatic rings. The molecule has 1 aromatic carbocycles. The van der Waals surface area contributed by atoms with E-state index in [0.717, 1.165) is 5.56 Å². The Labute approximate surface area is 96.5 Å². The van der Waals surface area contributed by atoms with Crippen LogP contribution in [0.4, 0.5) is 4.39 Å². The van der Waals surface area contributed by atoms with Crippen molar-refractivity contribution in [2.75, 3.05) is 19.8 Å². The molecule has 0 amide bonds. The number of ether oxygens (including phenoxy) is 2. The number of alkyl halides is 1. The molecule has 2 nitrogen and oxygen atoms in total. The zero-order chi connectivity index (χ0) is 10.7. The van der Waals surface area contributed by atoms with Crippen LogP contribution in [0, 0.1) is 5.82 Å². The van der Waals surface area contributed by atoms with Gasteiger partial charge < -0.3 is 9.47 Å². The van der Waals surface area contributed by atoms with Crippen LogP contribution >= 0.6 is 15.9 Å². The van der Waals surface area contributed by atoms with Gasteiger partial charge in [-0.2, -0.15) is 0 Å². The van der Waals surface area contributed by atoms with Crippen molar-refractivity contribution in [3.8, 4) is 0 Å². The Balaban J connectivity index is 2.05. The quantitative estimate of drug-likeness (QED) is 0.772. The summed E-state index contributed by atoms with van der Waals surface area (Å²) >= 11 is 3.54. The summed E-state index contributed by atoms with van der Waals surface area (Å²) in [6.45, 7) is 1.85. The highest BCUT2D eigenvalue weighted by molar-refractivity contribution is 9.09. The van der Waals surface area contributed by atoms with E-state index in [9.17, 15) is 4.39 Å². The normalized spacial score (nSPS) is 23.7. The molecule has 2 rings (SSSR count). The van der Waals surface area contributed by atoms with E-state index < -0.39 is 0 Å². The minimum absolute atomic E-state index is 0.00390. The lowest BCUT2D eigenvalue weighted by molar-refractivity contribution is -0.0876. The summed E-state index contributed by atoms with van der Waals surface area (Å²) in [7, 11) is 0. The fourth-order valence-electron chi connectivity index (χ4n) is 1.54. The second kappa shape index (κ2) is 5.05. The highest BCUT2D eigenvalue weighted by atomic mass is 79.9. The second-order valence-corrected chi connectivity index (χ2v) is 4.42. The number of halogens is 2. The molecular formula is C11H12BrFO2. The van der Waals surface area contributed by atoms with E-state index in [1.807, 2.05) is 0 Å². The molecule has 0 aromatic heterocycles. The van der Waals surface area contributed by atoms with Crippen molar-refractivity contribution >= 4 is 15.9 Å². The van der Waals surface area contributed by atoms with E-state index in [-0.39, 0.29) is 16.7 Å². The van der Waals surface area contributed by atoms with Gasteiger partial charge in [-0.3, -0.25) is 0 Å². The summed E-state index contributed by atoms with van der Waals surface area (Å²) < 4.78 is 23.6. The second-order valence-electron chi connectivity index (χ2n) is 3.44. The molecule has 1 heterocycles. The Morgan fingerprint density at radius 3 is 2.60 bits per heavy atom. The van der Waals surface area contributed by atoms with Crippen LogP contribution in [0.2, 0.25) is 0 Å². The molecule has 0 saturated carbocycles. The number of hydrogen-bond donors (Lipinski definition) is 0. The standard InChI is InChI=1S/C11H12BrFO2/c12-11(10-7-14-5-6-15-10)8-1-3-9(13)4-2-8/h1-4,10-11H,5-7H2. The van der Waals surface area contributed by atoms with Gasteiger partial charge in [0.1, 0.15) is 5.82 Å². The average Bonchev–Trinajstić information content (AvgIpc) is 2.30. The first kappa shape index (κ1) is 11.0. The molecular weight excluding hydrogens is 263 g/mol. The maximum Gasteiger partial charge on any atom is 0.123 e. The molecule has 0 bridgehead atoms. The van der Waals surface area contributed by atoms with Crippen LogP contribution in [0.1, 0.15) is 10.4 Å². The Bertz CT molecular complexity index is 309. The van der Waals surface area contributed by atoms with Crippen LogP contribution in [0.3, 0.4) is 0 Å². The molecule has 0 spiro atoms. The molecule has 15 heavy (non-hydrogen) atoms. The third-order valence-corrected chi connectivity index (χ3v) is 3.47. The van der Waals surface area contributed by atoms with Gasteiger partial charge in [0.05, 0.1) is 30.8 Å². The summed E-state index contributed by atoms with van der Waals surface area (Å²) in [6.07, 6.45) is 0.00390. The van der Waals surface area contributed by atoms with E-state index in [0.29, 0.717) is 19.8 Å². The predicted octanol–water partition coefficient (Wildman–Crippen LogP) is 2.68. The molecule has 82 valence electrons. The molecule has 0 aliphatic carbocycles. The van der Waals surface area contributed by atoms with Gasteiger partial charge in [0.25, 0.3) is 0 Å². The topological polar surface area (TPSA) is 18.5 Å². The van der Waals surface area contributed by atoms with E-state index in [2.05, 4.69) is 15.9 Å². The van der Waals surface area contributed by atoms with Gasteiger partial charge in [0.2, 0.25) is 0 Å². The molecule has 2 unspecified atom stereocenters. The molecule has 0 radical (unpaired) electrons. The van der Waals surface area contributed by atoms with E-state index >= 15 is 0 Å². The zero-order valence-corrected chi connectivity index (χ0v) is 9.74. The maximum absolute atomic E-state index is 12.7. The number of benzene rings is 1. The smallest absolute Gasteiger partial charge is 0.123 e. The minimum Gasteiger partial charge on any atom is -0.376 e. The van der Waals surface area contributed by atoms with Crippen molar-refractivity contribution in [2.45, 2.75) is 10.9 Å². The number of rotatable bonds is 2. The molecule has 1 aliphatic rings. The zero-order valence-electron chi connectivity index (χ0n) is 8.16. The van der Waals surface area contributed by atoms with E-state index in [1.165, 1.54) is 12.1 Å². The van der Waals surface area contributed by atoms with Crippen molar-refractivity contribution < 1.29 is 13.9 Å². The van der Waals surface area contributed by atoms with Crippen molar-refractivity contribution in [3.63, 3.8) is 0 Å². The van der Waals surface area contributed by atoms with Gasteiger partial charge in [0.15, 0.2) is 0 Å². The molecule has 1 saturated heterocycles. The Hall–Kier alpha value is -0.450. The van der Waals surface area contributed by atoms with Crippen LogP contribution < -0.4 is 0 Å². The Morgan fingerprint density at radius 1 is 1.27 bits per heavy atom. The molecule has 2 atom stereocenters. The van der Waals surface area contributed by atoms with Crippen LogP contribution in [-0.4, -0.2) is 25.9 Å². The average molecular weight is 275 g/mol. The van der Waals surface area contributed by atoms with Crippen LogP contribution in [0.5, 0.6) is 0 Å². The summed E-state index contributed by atoms with van der Waals surface area (Å²) in [4.78, 5) is 0.0541. The summed E-state index contributed by atoms with van der Waals surface area (Å²) in [5.41, 5.74) is 1.01. The fourth-order valence-corrected chi connectivity index (χ4v) is 2.15. The molecule has 0 N–H and O–H groups in total. The molecule has 1 fully saturated rings. The van der Waals surface area contributed by atoms with Gasteiger partial charge in [-0.05, 0) is 17.7 Å². The van der Waals surface area contributed by atoms with Gasteiger partial charge in [-0.1, -0.05) is 28.1 Å². The minimum atomic E-state index is -0.223. The van der Waals surface area contributed by atoms with Gasteiger partial charge in [0, 0.05) is 0 Å². The van der Waals surface area contributed by atoms with Crippen molar-refractivity contribution in [2.24, 2.45) is 0 Å². The largest absolute Gasteiger partial charge is 0.376 e. The predicted molar refractivity (Wildman–Crippen MR) is 58.6 cm³/mol. The monoisotopic (exact) mass is 274 g/mol.